The Kier molecular flexibility index (Phi) is 7.82. The number of nitrogens with zero attached hydrogens (tertiary/aromatic N) is 2. The van der Waals surface area contributed by atoms with E-state index in [4.69, 9.17) is 15.2 Å². The van der Waals surface area contributed by atoms with E-state index in [-0.39, 0.29) is 0 Å². The van der Waals surface area contributed by atoms with Crippen LogP contribution in [0.2, 0.25) is 0 Å². The molecule has 0 unspecified atom stereocenters. The Morgan fingerprint density at radius 3 is 2.42 bits per heavy atom. The third-order valence-electron chi connectivity index (χ3n) is 4.35. The minimum absolute atomic E-state index is 0.505. The summed E-state index contributed by atoms with van der Waals surface area (Å²) in [5, 5.41) is 0. The van der Waals surface area contributed by atoms with Crippen molar-refractivity contribution in [2.75, 3.05) is 53.0 Å². The minimum atomic E-state index is 0.505. The lowest BCUT2D eigenvalue weighted by atomic mass is 10.1. The fourth-order valence-corrected chi connectivity index (χ4v) is 2.93. The quantitative estimate of drug-likeness (QED) is 0.750. The van der Waals surface area contributed by atoms with E-state index < -0.39 is 0 Å². The Balaban J connectivity index is 1.86. The smallest absolute Gasteiger partial charge is 0.161 e. The molecule has 1 saturated heterocycles. The third kappa shape index (κ3) is 5.96. The summed E-state index contributed by atoms with van der Waals surface area (Å²) in [7, 11) is 1.71. The van der Waals surface area contributed by atoms with Crippen LogP contribution in [0.25, 0.3) is 0 Å². The van der Waals surface area contributed by atoms with Gasteiger partial charge in [0.1, 0.15) is 0 Å². The van der Waals surface area contributed by atoms with Crippen LogP contribution >= 0.6 is 0 Å². The summed E-state index contributed by atoms with van der Waals surface area (Å²) in [6.45, 7) is 12.4. The lowest BCUT2D eigenvalue weighted by Crippen LogP contribution is -2.46. The van der Waals surface area contributed by atoms with Gasteiger partial charge >= 0.3 is 0 Å². The number of nitrogens with two attached hydrogens (primary N) is 1. The second-order valence-electron chi connectivity index (χ2n) is 6.95. The summed E-state index contributed by atoms with van der Waals surface area (Å²) < 4.78 is 11.3. The van der Waals surface area contributed by atoms with Gasteiger partial charge in [-0.25, -0.2) is 0 Å². The Hall–Kier alpha value is -1.30. The van der Waals surface area contributed by atoms with Crippen molar-refractivity contribution in [3.63, 3.8) is 0 Å². The number of hydrogen-bond acceptors (Lipinski definition) is 5. The number of piperazine rings is 1. The van der Waals surface area contributed by atoms with Gasteiger partial charge < -0.3 is 20.1 Å². The van der Waals surface area contributed by atoms with Crippen molar-refractivity contribution in [3.05, 3.63) is 23.8 Å². The lowest BCUT2D eigenvalue weighted by Gasteiger charge is -2.34. The molecule has 0 aromatic heterocycles. The topological polar surface area (TPSA) is 51.0 Å². The van der Waals surface area contributed by atoms with E-state index in [1.807, 2.05) is 6.07 Å². The molecule has 1 heterocycles. The van der Waals surface area contributed by atoms with Crippen LogP contribution in [-0.2, 0) is 6.54 Å². The largest absolute Gasteiger partial charge is 0.493 e. The minimum Gasteiger partial charge on any atom is -0.493 e. The van der Waals surface area contributed by atoms with E-state index >= 15 is 0 Å². The molecule has 1 aliphatic rings. The molecule has 1 aromatic rings. The first-order chi connectivity index (χ1) is 11.6. The molecule has 1 aliphatic heterocycles. The van der Waals surface area contributed by atoms with E-state index in [1.54, 1.807) is 7.11 Å². The SMILES string of the molecule is COc1cc(CN2CCN(CCCN)CC2)ccc1OCC(C)C. The van der Waals surface area contributed by atoms with E-state index in [1.165, 1.54) is 5.56 Å². The number of methoxy groups -OCH3 is 1. The van der Waals surface area contributed by atoms with Crippen LogP contribution in [0.1, 0.15) is 25.8 Å². The summed E-state index contributed by atoms with van der Waals surface area (Å²) in [4.78, 5) is 5.01. The summed E-state index contributed by atoms with van der Waals surface area (Å²) in [6, 6.07) is 6.30. The average molecular weight is 335 g/mol. The van der Waals surface area contributed by atoms with Crippen LogP contribution in [0, 0.1) is 5.92 Å². The first kappa shape index (κ1) is 19.0. The number of benzene rings is 1. The second-order valence-corrected chi connectivity index (χ2v) is 6.95. The number of ether oxygens (including phenoxy) is 2. The molecule has 5 nitrogen and oxygen atoms in total. The first-order valence-corrected chi connectivity index (χ1v) is 9.07. The van der Waals surface area contributed by atoms with Crippen LogP contribution in [-0.4, -0.2) is 62.8 Å². The maximum atomic E-state index is 5.83. The summed E-state index contributed by atoms with van der Waals surface area (Å²) in [6.07, 6.45) is 1.09. The fourth-order valence-electron chi connectivity index (χ4n) is 2.93. The number of hydrogen-bond donors (Lipinski definition) is 1. The second kappa shape index (κ2) is 9.87. The highest BCUT2D eigenvalue weighted by atomic mass is 16.5. The number of rotatable bonds is 9. The monoisotopic (exact) mass is 335 g/mol. The van der Waals surface area contributed by atoms with Gasteiger partial charge in [-0.3, -0.25) is 4.90 Å². The normalized spacial score (nSPS) is 16.5. The predicted octanol–water partition coefficient (Wildman–Crippen LogP) is 2.20. The van der Waals surface area contributed by atoms with E-state index in [0.717, 1.165) is 63.7 Å². The Morgan fingerprint density at radius 2 is 1.79 bits per heavy atom. The molecule has 0 bridgehead atoms. The van der Waals surface area contributed by atoms with Crippen molar-refractivity contribution < 1.29 is 9.47 Å². The average Bonchev–Trinajstić information content (AvgIpc) is 2.59. The van der Waals surface area contributed by atoms with Gasteiger partial charge in [0.25, 0.3) is 0 Å². The van der Waals surface area contributed by atoms with Crippen LogP contribution < -0.4 is 15.2 Å². The van der Waals surface area contributed by atoms with Gasteiger partial charge in [-0.1, -0.05) is 19.9 Å². The highest BCUT2D eigenvalue weighted by Gasteiger charge is 2.17. The summed E-state index contributed by atoms with van der Waals surface area (Å²) >= 11 is 0. The highest BCUT2D eigenvalue weighted by Crippen LogP contribution is 2.29. The van der Waals surface area contributed by atoms with E-state index in [0.29, 0.717) is 12.5 Å². The Morgan fingerprint density at radius 1 is 1.08 bits per heavy atom. The molecule has 5 heteroatoms. The summed E-state index contributed by atoms with van der Waals surface area (Å²) in [5.74, 6) is 2.17. The molecule has 1 aromatic carbocycles. The van der Waals surface area contributed by atoms with Crippen molar-refractivity contribution in [1.82, 2.24) is 9.80 Å². The molecule has 0 radical (unpaired) electrons. The molecule has 1 fully saturated rings. The predicted molar refractivity (Wildman–Crippen MR) is 98.7 cm³/mol. The molecule has 0 spiro atoms. The van der Waals surface area contributed by atoms with E-state index in [9.17, 15) is 0 Å². The van der Waals surface area contributed by atoms with Gasteiger partial charge in [0, 0.05) is 32.7 Å². The molecule has 0 atom stereocenters. The van der Waals surface area contributed by atoms with Crippen molar-refractivity contribution in [2.45, 2.75) is 26.8 Å². The van der Waals surface area contributed by atoms with Crippen LogP contribution in [0.5, 0.6) is 11.5 Å². The third-order valence-corrected chi connectivity index (χ3v) is 4.35. The molecule has 0 saturated carbocycles. The van der Waals surface area contributed by atoms with Crippen molar-refractivity contribution >= 4 is 0 Å². The molecular weight excluding hydrogens is 302 g/mol. The maximum absolute atomic E-state index is 5.83. The molecule has 2 rings (SSSR count). The first-order valence-electron chi connectivity index (χ1n) is 9.07. The van der Waals surface area contributed by atoms with Crippen molar-refractivity contribution in [3.8, 4) is 11.5 Å². The Labute approximate surface area is 146 Å². The Bertz CT molecular complexity index is 486. The van der Waals surface area contributed by atoms with Gasteiger partial charge in [0.05, 0.1) is 13.7 Å². The molecule has 136 valence electrons. The van der Waals surface area contributed by atoms with Crippen molar-refractivity contribution in [2.24, 2.45) is 11.7 Å². The highest BCUT2D eigenvalue weighted by molar-refractivity contribution is 5.43. The fraction of sp³-hybridized carbons (Fsp3) is 0.684. The van der Waals surface area contributed by atoms with E-state index in [2.05, 4.69) is 35.8 Å². The lowest BCUT2D eigenvalue weighted by molar-refractivity contribution is 0.126. The van der Waals surface area contributed by atoms with Crippen molar-refractivity contribution in [1.29, 1.82) is 0 Å². The van der Waals surface area contributed by atoms with Gasteiger partial charge in [-0.05, 0) is 43.1 Å². The summed E-state index contributed by atoms with van der Waals surface area (Å²) in [5.41, 5.74) is 6.87. The zero-order valence-corrected chi connectivity index (χ0v) is 15.5. The molecule has 24 heavy (non-hydrogen) atoms. The molecule has 0 aliphatic carbocycles. The van der Waals surface area contributed by atoms with Crippen LogP contribution in [0.3, 0.4) is 0 Å². The van der Waals surface area contributed by atoms with Crippen LogP contribution in [0.15, 0.2) is 18.2 Å². The van der Waals surface area contributed by atoms with Gasteiger partial charge in [-0.2, -0.15) is 0 Å². The van der Waals surface area contributed by atoms with Gasteiger partial charge in [0.2, 0.25) is 0 Å². The maximum Gasteiger partial charge on any atom is 0.161 e. The standard InChI is InChI=1S/C19H33N3O2/c1-16(2)15-24-18-6-5-17(13-19(18)23-3)14-22-11-9-21(10-12-22)8-4-7-20/h5-6,13,16H,4,7-12,14-15,20H2,1-3H3. The molecule has 2 N–H and O–H groups in total. The van der Waals surface area contributed by atoms with Crippen LogP contribution in [0.4, 0.5) is 0 Å². The molecular formula is C19H33N3O2. The molecule has 0 amide bonds. The zero-order chi connectivity index (χ0) is 17.4. The zero-order valence-electron chi connectivity index (χ0n) is 15.5. The van der Waals surface area contributed by atoms with Gasteiger partial charge in [0.15, 0.2) is 11.5 Å². The van der Waals surface area contributed by atoms with Gasteiger partial charge in [-0.15, -0.1) is 0 Å².